The summed E-state index contributed by atoms with van der Waals surface area (Å²) in [5.41, 5.74) is 1.17. The predicted octanol–water partition coefficient (Wildman–Crippen LogP) is 1.66. The van der Waals surface area contributed by atoms with Crippen molar-refractivity contribution in [3.8, 4) is 0 Å². The number of thiophene rings is 1. The zero-order chi connectivity index (χ0) is 14.8. The number of aryl methyl sites for hydroxylation is 1. The van der Waals surface area contributed by atoms with E-state index in [9.17, 15) is 4.79 Å². The fourth-order valence-corrected chi connectivity index (χ4v) is 4.09. The Labute approximate surface area is 129 Å². The van der Waals surface area contributed by atoms with E-state index in [0.29, 0.717) is 10.9 Å². The average Bonchev–Trinajstić information content (AvgIpc) is 3.08. The molecule has 1 unspecified atom stereocenters. The number of ether oxygens (including phenoxy) is 1. The largest absolute Gasteiger partial charge is 0.477 e. The maximum Gasteiger partial charge on any atom is 0.345 e. The summed E-state index contributed by atoms with van der Waals surface area (Å²) in [6, 6.07) is 2.47. The van der Waals surface area contributed by atoms with Crippen LogP contribution in [0.1, 0.15) is 26.5 Å². The zero-order valence-electron chi connectivity index (χ0n) is 12.4. The minimum Gasteiger partial charge on any atom is -0.477 e. The summed E-state index contributed by atoms with van der Waals surface area (Å²) < 4.78 is 5.41. The lowest BCUT2D eigenvalue weighted by molar-refractivity contribution is 0.0184. The smallest absolute Gasteiger partial charge is 0.345 e. The molecule has 116 valence electrons. The van der Waals surface area contributed by atoms with Gasteiger partial charge < -0.3 is 9.84 Å². The van der Waals surface area contributed by atoms with Crippen molar-refractivity contribution in [1.29, 1.82) is 0 Å². The SMILES string of the molecule is Cc1sc(C(=O)O)cc1CN1CCC(N2CCOCC2)C1. The predicted molar refractivity (Wildman–Crippen MR) is 82.1 cm³/mol. The summed E-state index contributed by atoms with van der Waals surface area (Å²) in [4.78, 5) is 17.6. The molecule has 0 aliphatic carbocycles. The third-order valence-electron chi connectivity index (χ3n) is 4.43. The zero-order valence-corrected chi connectivity index (χ0v) is 13.2. The molecule has 2 aliphatic heterocycles. The highest BCUT2D eigenvalue weighted by atomic mass is 32.1. The second-order valence-corrected chi connectivity index (χ2v) is 7.08. The molecule has 0 aromatic carbocycles. The maximum atomic E-state index is 11.0. The molecule has 1 aromatic rings. The molecular formula is C15H22N2O3S. The van der Waals surface area contributed by atoms with E-state index in [-0.39, 0.29) is 0 Å². The van der Waals surface area contributed by atoms with Gasteiger partial charge in [0.05, 0.1) is 13.2 Å². The Hall–Kier alpha value is -0.950. The van der Waals surface area contributed by atoms with Gasteiger partial charge in [0.2, 0.25) is 0 Å². The summed E-state index contributed by atoms with van der Waals surface area (Å²) in [6.45, 7) is 8.85. The number of rotatable bonds is 4. The Morgan fingerprint density at radius 2 is 2.19 bits per heavy atom. The van der Waals surface area contributed by atoms with Crippen LogP contribution in [0.2, 0.25) is 0 Å². The Morgan fingerprint density at radius 3 is 2.86 bits per heavy atom. The lowest BCUT2D eigenvalue weighted by atomic mass is 10.2. The quantitative estimate of drug-likeness (QED) is 0.916. The standard InChI is InChI=1S/C15H22N2O3S/c1-11-12(8-14(21-11)15(18)19)9-16-3-2-13(10-16)17-4-6-20-7-5-17/h8,13H,2-7,9-10H2,1H3,(H,18,19). The Balaban J connectivity index is 1.58. The number of hydrogen-bond acceptors (Lipinski definition) is 5. The van der Waals surface area contributed by atoms with E-state index in [1.807, 2.05) is 13.0 Å². The molecule has 5 nitrogen and oxygen atoms in total. The molecule has 3 heterocycles. The molecule has 21 heavy (non-hydrogen) atoms. The molecule has 2 aliphatic rings. The van der Waals surface area contributed by atoms with Crippen molar-refractivity contribution < 1.29 is 14.6 Å². The fraction of sp³-hybridized carbons (Fsp3) is 0.667. The summed E-state index contributed by atoms with van der Waals surface area (Å²) in [5, 5.41) is 9.07. The fourth-order valence-electron chi connectivity index (χ4n) is 3.22. The van der Waals surface area contributed by atoms with Crippen molar-refractivity contribution in [1.82, 2.24) is 9.80 Å². The van der Waals surface area contributed by atoms with Gasteiger partial charge in [0.25, 0.3) is 0 Å². The van der Waals surface area contributed by atoms with E-state index >= 15 is 0 Å². The van der Waals surface area contributed by atoms with Crippen LogP contribution < -0.4 is 0 Å². The molecule has 6 heteroatoms. The summed E-state index contributed by atoms with van der Waals surface area (Å²) in [6.07, 6.45) is 1.20. The first kappa shape index (κ1) is 15.0. The topological polar surface area (TPSA) is 53.0 Å². The van der Waals surface area contributed by atoms with Crippen LogP contribution in [0.4, 0.5) is 0 Å². The van der Waals surface area contributed by atoms with Crippen LogP contribution in [-0.2, 0) is 11.3 Å². The van der Waals surface area contributed by atoms with E-state index in [1.54, 1.807) is 0 Å². The first-order chi connectivity index (χ1) is 10.1. The lowest BCUT2D eigenvalue weighted by Gasteiger charge is -2.32. The second kappa shape index (κ2) is 6.44. The number of carboxylic acid groups (broad SMARTS) is 1. The van der Waals surface area contributed by atoms with Gasteiger partial charge in [0.15, 0.2) is 0 Å². The molecule has 1 N–H and O–H groups in total. The summed E-state index contributed by atoms with van der Waals surface area (Å²) >= 11 is 1.38. The molecule has 0 radical (unpaired) electrons. The van der Waals surface area contributed by atoms with Crippen LogP contribution in [0.5, 0.6) is 0 Å². The van der Waals surface area contributed by atoms with Crippen molar-refractivity contribution in [3.05, 3.63) is 21.4 Å². The minimum absolute atomic E-state index is 0.450. The van der Waals surface area contributed by atoms with Gasteiger partial charge in [0.1, 0.15) is 4.88 Å². The average molecular weight is 310 g/mol. The van der Waals surface area contributed by atoms with Gasteiger partial charge in [-0.2, -0.15) is 0 Å². The lowest BCUT2D eigenvalue weighted by Crippen LogP contribution is -2.44. The molecule has 3 rings (SSSR count). The van der Waals surface area contributed by atoms with Crippen LogP contribution in [0.15, 0.2) is 6.07 Å². The summed E-state index contributed by atoms with van der Waals surface area (Å²) in [7, 11) is 0. The van der Waals surface area contributed by atoms with E-state index < -0.39 is 5.97 Å². The summed E-state index contributed by atoms with van der Waals surface area (Å²) in [5.74, 6) is -0.818. The first-order valence-electron chi connectivity index (χ1n) is 7.50. The molecule has 2 saturated heterocycles. The van der Waals surface area contributed by atoms with Gasteiger partial charge >= 0.3 is 5.97 Å². The highest BCUT2D eigenvalue weighted by molar-refractivity contribution is 7.14. The normalized spacial score (nSPS) is 24.5. The molecule has 1 atom stereocenters. The Morgan fingerprint density at radius 1 is 1.43 bits per heavy atom. The van der Waals surface area contributed by atoms with Crippen molar-refractivity contribution >= 4 is 17.3 Å². The number of carbonyl (C=O) groups is 1. The van der Waals surface area contributed by atoms with Crippen LogP contribution in [-0.4, -0.2) is 66.3 Å². The van der Waals surface area contributed by atoms with E-state index in [0.717, 1.165) is 50.8 Å². The van der Waals surface area contributed by atoms with E-state index in [1.165, 1.54) is 23.3 Å². The molecule has 2 fully saturated rings. The third-order valence-corrected chi connectivity index (χ3v) is 5.52. The monoisotopic (exact) mass is 310 g/mol. The van der Waals surface area contributed by atoms with E-state index in [2.05, 4.69) is 9.80 Å². The molecule has 1 aromatic heterocycles. The van der Waals surface area contributed by atoms with Gasteiger partial charge in [-0.15, -0.1) is 11.3 Å². The number of morpholine rings is 1. The minimum atomic E-state index is -0.818. The van der Waals surface area contributed by atoms with Crippen molar-refractivity contribution in [2.24, 2.45) is 0 Å². The van der Waals surface area contributed by atoms with Crippen LogP contribution in [0.3, 0.4) is 0 Å². The number of likely N-dealkylation sites (tertiary alicyclic amines) is 1. The second-order valence-electron chi connectivity index (χ2n) is 5.82. The van der Waals surface area contributed by atoms with Crippen LogP contribution in [0, 0.1) is 6.92 Å². The van der Waals surface area contributed by atoms with Gasteiger partial charge in [-0.25, -0.2) is 4.79 Å². The molecule has 0 amide bonds. The van der Waals surface area contributed by atoms with Gasteiger partial charge in [-0.3, -0.25) is 9.80 Å². The van der Waals surface area contributed by atoms with Crippen LogP contribution in [0.25, 0.3) is 0 Å². The van der Waals surface area contributed by atoms with Crippen molar-refractivity contribution in [2.75, 3.05) is 39.4 Å². The Bertz CT molecular complexity index is 511. The highest BCUT2D eigenvalue weighted by Crippen LogP contribution is 2.25. The molecular weight excluding hydrogens is 288 g/mol. The Kier molecular flexibility index (Phi) is 4.59. The number of nitrogens with zero attached hydrogens (tertiary/aromatic N) is 2. The maximum absolute atomic E-state index is 11.0. The van der Waals surface area contributed by atoms with Gasteiger partial charge in [-0.1, -0.05) is 0 Å². The number of aromatic carboxylic acids is 1. The first-order valence-corrected chi connectivity index (χ1v) is 8.32. The molecule has 0 bridgehead atoms. The third kappa shape index (κ3) is 3.45. The van der Waals surface area contributed by atoms with Crippen molar-refractivity contribution in [3.63, 3.8) is 0 Å². The van der Waals surface area contributed by atoms with Crippen molar-refractivity contribution in [2.45, 2.75) is 25.9 Å². The van der Waals surface area contributed by atoms with Gasteiger partial charge in [-0.05, 0) is 25.0 Å². The number of hydrogen-bond donors (Lipinski definition) is 1. The molecule has 0 saturated carbocycles. The number of carboxylic acids is 1. The molecule has 0 spiro atoms. The van der Waals surface area contributed by atoms with E-state index in [4.69, 9.17) is 9.84 Å². The highest BCUT2D eigenvalue weighted by Gasteiger charge is 2.29. The van der Waals surface area contributed by atoms with Gasteiger partial charge in [0, 0.05) is 43.6 Å². The van der Waals surface area contributed by atoms with Crippen LogP contribution >= 0.6 is 11.3 Å².